The van der Waals surface area contributed by atoms with Crippen LogP contribution in [-0.2, 0) is 11.3 Å². The number of carbonyl (C=O) groups is 1. The van der Waals surface area contributed by atoms with Crippen LogP contribution in [0.1, 0.15) is 12.1 Å². The number of aromatic nitrogens is 3. The number of pyridine rings is 1. The van der Waals surface area contributed by atoms with Gasteiger partial charge in [0.25, 0.3) is 0 Å². The molecule has 2 aromatic heterocycles. The Balaban J connectivity index is 1.65. The van der Waals surface area contributed by atoms with Gasteiger partial charge in [-0.3, -0.25) is 9.78 Å². The van der Waals surface area contributed by atoms with E-state index in [2.05, 4.69) is 9.97 Å². The first-order chi connectivity index (χ1) is 11.4. The van der Waals surface area contributed by atoms with E-state index in [1.807, 2.05) is 22.8 Å². The maximum Gasteiger partial charge on any atom is 0.406 e. The molecule has 0 spiro atoms. The maximum atomic E-state index is 12.5. The van der Waals surface area contributed by atoms with Gasteiger partial charge in [-0.1, -0.05) is 17.8 Å². The minimum Gasteiger partial charge on any atom is -0.333 e. The predicted molar refractivity (Wildman–Crippen MR) is 82.5 cm³/mol. The first kappa shape index (κ1) is 16.8. The summed E-state index contributed by atoms with van der Waals surface area (Å²) < 4.78 is 39.2. The number of amides is 1. The van der Waals surface area contributed by atoms with Crippen molar-refractivity contribution in [1.29, 1.82) is 0 Å². The Hall–Kier alpha value is -2.03. The third-order valence-electron chi connectivity index (χ3n) is 3.60. The highest BCUT2D eigenvalue weighted by Crippen LogP contribution is 2.31. The summed E-state index contributed by atoms with van der Waals surface area (Å²) in [6.45, 7) is -0.571. The molecule has 1 fully saturated rings. The molecule has 0 aliphatic carbocycles. The number of hydrogen-bond acceptors (Lipinski definition) is 4. The summed E-state index contributed by atoms with van der Waals surface area (Å²) >= 11 is 1.21. The first-order valence-corrected chi connectivity index (χ1v) is 8.23. The van der Waals surface area contributed by atoms with Crippen LogP contribution in [0.15, 0.2) is 41.9 Å². The Morgan fingerprint density at radius 3 is 2.79 bits per heavy atom. The highest BCUT2D eigenvalue weighted by atomic mass is 32.2. The number of alkyl halides is 3. The van der Waals surface area contributed by atoms with Gasteiger partial charge >= 0.3 is 6.18 Å². The van der Waals surface area contributed by atoms with Crippen molar-refractivity contribution in [3.63, 3.8) is 0 Å². The van der Waals surface area contributed by atoms with Crippen molar-refractivity contribution >= 4 is 17.7 Å². The summed E-state index contributed by atoms with van der Waals surface area (Å²) in [6.07, 6.45) is 1.08. The van der Waals surface area contributed by atoms with Crippen LogP contribution in [0.4, 0.5) is 13.2 Å². The number of imidazole rings is 1. The van der Waals surface area contributed by atoms with E-state index in [1.165, 1.54) is 11.8 Å². The monoisotopic (exact) mass is 356 g/mol. The van der Waals surface area contributed by atoms with Gasteiger partial charge in [-0.25, -0.2) is 4.98 Å². The number of nitrogens with zero attached hydrogens (tertiary/aromatic N) is 4. The number of thioether (sulfide) groups is 1. The largest absolute Gasteiger partial charge is 0.406 e. The smallest absolute Gasteiger partial charge is 0.333 e. The van der Waals surface area contributed by atoms with Crippen LogP contribution in [-0.4, -0.2) is 49.9 Å². The lowest BCUT2D eigenvalue weighted by atomic mass is 10.3. The van der Waals surface area contributed by atoms with Crippen LogP contribution in [0.3, 0.4) is 0 Å². The Bertz CT molecular complexity index is 704. The molecule has 1 amide bonds. The molecule has 1 saturated heterocycles. The standard InChI is InChI=1S/C15H15F3N4OS/c16-15(17,18)10-22-7-4-12(13(22)23)24-14-20-6-8-21(14)9-11-3-1-2-5-19-11/h1-3,5-6,8,12H,4,7,9-10H2. The van der Waals surface area contributed by atoms with Crippen LogP contribution in [0, 0.1) is 0 Å². The van der Waals surface area contributed by atoms with E-state index in [9.17, 15) is 18.0 Å². The highest BCUT2D eigenvalue weighted by molar-refractivity contribution is 8.00. The van der Waals surface area contributed by atoms with Crippen LogP contribution in [0.2, 0.25) is 0 Å². The van der Waals surface area contributed by atoms with Crippen molar-refractivity contribution < 1.29 is 18.0 Å². The molecule has 1 aliphatic heterocycles. The van der Waals surface area contributed by atoms with Crippen LogP contribution < -0.4 is 0 Å². The van der Waals surface area contributed by atoms with E-state index < -0.39 is 23.9 Å². The zero-order valence-electron chi connectivity index (χ0n) is 12.6. The van der Waals surface area contributed by atoms with E-state index >= 15 is 0 Å². The molecule has 0 aromatic carbocycles. The molecule has 2 aromatic rings. The Kier molecular flexibility index (Phi) is 4.79. The number of halogens is 3. The first-order valence-electron chi connectivity index (χ1n) is 7.35. The van der Waals surface area contributed by atoms with E-state index in [0.717, 1.165) is 10.6 Å². The molecule has 0 saturated carbocycles. The molecule has 24 heavy (non-hydrogen) atoms. The average molecular weight is 356 g/mol. The number of rotatable bonds is 5. The zero-order valence-corrected chi connectivity index (χ0v) is 13.4. The van der Waals surface area contributed by atoms with Crippen molar-refractivity contribution in [2.24, 2.45) is 0 Å². The molecular formula is C15H15F3N4OS. The van der Waals surface area contributed by atoms with Gasteiger partial charge in [0.2, 0.25) is 5.91 Å². The summed E-state index contributed by atoms with van der Waals surface area (Å²) in [5.41, 5.74) is 0.841. The summed E-state index contributed by atoms with van der Waals surface area (Å²) in [7, 11) is 0. The van der Waals surface area contributed by atoms with Crippen molar-refractivity contribution in [2.75, 3.05) is 13.1 Å². The van der Waals surface area contributed by atoms with E-state index in [4.69, 9.17) is 0 Å². The van der Waals surface area contributed by atoms with Gasteiger partial charge in [-0.15, -0.1) is 0 Å². The molecule has 128 valence electrons. The second kappa shape index (κ2) is 6.84. The third-order valence-corrected chi connectivity index (χ3v) is 4.87. The molecular weight excluding hydrogens is 341 g/mol. The van der Waals surface area contributed by atoms with Crippen molar-refractivity contribution in [3.8, 4) is 0 Å². The fraction of sp³-hybridized carbons (Fsp3) is 0.400. The van der Waals surface area contributed by atoms with E-state index in [0.29, 0.717) is 18.1 Å². The third kappa shape index (κ3) is 4.08. The van der Waals surface area contributed by atoms with Crippen LogP contribution in [0.5, 0.6) is 0 Å². The molecule has 1 atom stereocenters. The minimum atomic E-state index is -4.37. The maximum absolute atomic E-state index is 12.5. The Morgan fingerprint density at radius 1 is 1.25 bits per heavy atom. The predicted octanol–water partition coefficient (Wildman–Crippen LogP) is 2.58. The highest BCUT2D eigenvalue weighted by Gasteiger charge is 2.40. The van der Waals surface area contributed by atoms with Gasteiger partial charge in [-0.05, 0) is 18.6 Å². The van der Waals surface area contributed by atoms with Crippen molar-refractivity contribution in [2.45, 2.75) is 29.5 Å². The second-order valence-corrected chi connectivity index (χ2v) is 6.60. The SMILES string of the molecule is O=C1C(Sc2nccn2Cc2ccccn2)CCN1CC(F)(F)F. The second-order valence-electron chi connectivity index (χ2n) is 5.43. The summed E-state index contributed by atoms with van der Waals surface area (Å²) in [6, 6.07) is 5.57. The minimum absolute atomic E-state index is 0.122. The lowest BCUT2D eigenvalue weighted by Gasteiger charge is -2.18. The van der Waals surface area contributed by atoms with Gasteiger partial charge < -0.3 is 9.47 Å². The Morgan fingerprint density at radius 2 is 2.08 bits per heavy atom. The summed E-state index contributed by atoms with van der Waals surface area (Å²) in [5, 5.41) is 0.0742. The van der Waals surface area contributed by atoms with E-state index in [-0.39, 0.29) is 6.54 Å². The quantitative estimate of drug-likeness (QED) is 0.826. The molecule has 0 bridgehead atoms. The van der Waals surface area contributed by atoms with Gasteiger partial charge in [-0.2, -0.15) is 13.2 Å². The van der Waals surface area contributed by atoms with Crippen molar-refractivity contribution in [3.05, 3.63) is 42.5 Å². The van der Waals surface area contributed by atoms with Crippen LogP contribution in [0.25, 0.3) is 0 Å². The lowest BCUT2D eigenvalue weighted by molar-refractivity contribution is -0.157. The molecule has 9 heteroatoms. The fourth-order valence-electron chi connectivity index (χ4n) is 2.52. The fourth-order valence-corrected chi connectivity index (χ4v) is 3.63. The number of carbonyl (C=O) groups excluding carboxylic acids is 1. The normalized spacial score (nSPS) is 18.4. The molecule has 0 radical (unpaired) electrons. The molecule has 1 unspecified atom stereocenters. The number of hydrogen-bond donors (Lipinski definition) is 0. The lowest BCUT2D eigenvalue weighted by Crippen LogP contribution is -2.36. The van der Waals surface area contributed by atoms with Gasteiger partial charge in [0, 0.05) is 25.1 Å². The molecule has 0 N–H and O–H groups in total. The van der Waals surface area contributed by atoms with Gasteiger partial charge in [0.15, 0.2) is 5.16 Å². The molecule has 1 aliphatic rings. The average Bonchev–Trinajstić information content (AvgIpc) is 3.09. The van der Waals surface area contributed by atoms with Crippen molar-refractivity contribution in [1.82, 2.24) is 19.4 Å². The topological polar surface area (TPSA) is 51.0 Å². The molecule has 5 nitrogen and oxygen atoms in total. The summed E-state index contributed by atoms with van der Waals surface area (Å²) in [4.78, 5) is 21.5. The number of likely N-dealkylation sites (tertiary alicyclic amines) is 1. The molecule has 3 rings (SSSR count). The van der Waals surface area contributed by atoms with Gasteiger partial charge in [0.05, 0.1) is 17.5 Å². The summed E-state index contributed by atoms with van der Waals surface area (Å²) in [5.74, 6) is -0.482. The molecule has 3 heterocycles. The van der Waals surface area contributed by atoms with Crippen LogP contribution >= 0.6 is 11.8 Å². The van der Waals surface area contributed by atoms with Gasteiger partial charge in [0.1, 0.15) is 6.54 Å². The zero-order chi connectivity index (χ0) is 17.2. The van der Waals surface area contributed by atoms with E-state index in [1.54, 1.807) is 18.6 Å². The Labute approximate surface area is 140 Å².